The molecule has 0 bridgehead atoms. The van der Waals surface area contributed by atoms with E-state index >= 15 is 0 Å². The SMILES string of the molecule is CC(C)(C)OC(=O)N1CCC(C)(OCc2ccc(F)cc2F)C1. The molecule has 0 N–H and O–H groups in total. The number of carbonyl (C=O) groups is 1. The lowest BCUT2D eigenvalue weighted by molar-refractivity contribution is -0.0384. The van der Waals surface area contributed by atoms with Gasteiger partial charge in [0.05, 0.1) is 18.8 Å². The maximum absolute atomic E-state index is 13.6. The van der Waals surface area contributed by atoms with Gasteiger partial charge in [0, 0.05) is 18.2 Å². The molecule has 1 aliphatic rings. The van der Waals surface area contributed by atoms with E-state index < -0.39 is 22.8 Å². The van der Waals surface area contributed by atoms with E-state index in [1.165, 1.54) is 12.1 Å². The Hall–Kier alpha value is -1.69. The summed E-state index contributed by atoms with van der Waals surface area (Å²) in [6.07, 6.45) is 0.257. The quantitative estimate of drug-likeness (QED) is 0.846. The van der Waals surface area contributed by atoms with E-state index in [4.69, 9.17) is 9.47 Å². The van der Waals surface area contributed by atoms with E-state index in [9.17, 15) is 13.6 Å². The van der Waals surface area contributed by atoms with Crippen LogP contribution in [0.15, 0.2) is 18.2 Å². The van der Waals surface area contributed by atoms with Gasteiger partial charge in [-0.3, -0.25) is 0 Å². The molecule has 1 unspecified atom stereocenters. The van der Waals surface area contributed by atoms with Gasteiger partial charge in [-0.1, -0.05) is 6.07 Å². The van der Waals surface area contributed by atoms with Crippen molar-refractivity contribution in [3.63, 3.8) is 0 Å². The molecule has 0 saturated carbocycles. The minimum atomic E-state index is -0.629. The van der Waals surface area contributed by atoms with Crippen molar-refractivity contribution in [3.8, 4) is 0 Å². The van der Waals surface area contributed by atoms with Crippen molar-refractivity contribution >= 4 is 6.09 Å². The summed E-state index contributed by atoms with van der Waals surface area (Å²) in [5, 5.41) is 0. The number of benzene rings is 1. The summed E-state index contributed by atoms with van der Waals surface area (Å²) in [5.74, 6) is -1.25. The van der Waals surface area contributed by atoms with Crippen molar-refractivity contribution in [1.29, 1.82) is 0 Å². The molecule has 1 aliphatic heterocycles. The third kappa shape index (κ3) is 4.89. The monoisotopic (exact) mass is 327 g/mol. The maximum atomic E-state index is 13.6. The Morgan fingerprint density at radius 2 is 2.04 bits per heavy atom. The van der Waals surface area contributed by atoms with E-state index in [0.717, 1.165) is 6.07 Å². The summed E-state index contributed by atoms with van der Waals surface area (Å²) >= 11 is 0. The van der Waals surface area contributed by atoms with E-state index in [1.807, 2.05) is 27.7 Å². The van der Waals surface area contributed by atoms with Gasteiger partial charge in [-0.2, -0.15) is 0 Å². The summed E-state index contributed by atoms with van der Waals surface area (Å²) in [7, 11) is 0. The van der Waals surface area contributed by atoms with Gasteiger partial charge in [0.1, 0.15) is 17.2 Å². The van der Waals surface area contributed by atoms with E-state index in [-0.39, 0.29) is 12.7 Å². The first-order chi connectivity index (χ1) is 10.6. The summed E-state index contributed by atoms with van der Waals surface area (Å²) in [6, 6.07) is 3.41. The van der Waals surface area contributed by atoms with Crippen LogP contribution in [0.25, 0.3) is 0 Å². The predicted molar refractivity (Wildman–Crippen MR) is 82.0 cm³/mol. The molecule has 1 aromatic rings. The standard InChI is InChI=1S/C17H23F2NO3/c1-16(2,3)23-15(21)20-8-7-17(4,11-20)22-10-12-5-6-13(18)9-14(12)19/h5-6,9H,7-8,10-11H2,1-4H3. The van der Waals surface area contributed by atoms with Crippen LogP contribution in [0.3, 0.4) is 0 Å². The van der Waals surface area contributed by atoms with Gasteiger partial charge in [-0.05, 0) is 40.2 Å². The minimum Gasteiger partial charge on any atom is -0.444 e. The van der Waals surface area contributed by atoms with Crippen LogP contribution in [-0.2, 0) is 16.1 Å². The van der Waals surface area contributed by atoms with Gasteiger partial charge in [0.25, 0.3) is 0 Å². The largest absolute Gasteiger partial charge is 0.444 e. The number of likely N-dealkylation sites (tertiary alicyclic amines) is 1. The zero-order valence-corrected chi connectivity index (χ0v) is 14.0. The number of nitrogens with zero attached hydrogens (tertiary/aromatic N) is 1. The van der Waals surface area contributed by atoms with E-state index in [1.54, 1.807) is 4.90 Å². The summed E-state index contributed by atoms with van der Waals surface area (Å²) in [4.78, 5) is 13.7. The van der Waals surface area contributed by atoms with Crippen LogP contribution in [0.2, 0.25) is 0 Å². The molecule has 0 aromatic heterocycles. The highest BCUT2D eigenvalue weighted by Crippen LogP contribution is 2.28. The summed E-state index contributed by atoms with van der Waals surface area (Å²) < 4.78 is 37.7. The van der Waals surface area contributed by atoms with Gasteiger partial charge in [0.2, 0.25) is 0 Å². The second-order valence-corrected chi connectivity index (χ2v) is 7.13. The molecule has 0 aliphatic carbocycles. The molecule has 1 heterocycles. The van der Waals surface area contributed by atoms with Crippen molar-refractivity contribution in [3.05, 3.63) is 35.4 Å². The van der Waals surface area contributed by atoms with Crippen LogP contribution in [0.4, 0.5) is 13.6 Å². The number of amides is 1. The van der Waals surface area contributed by atoms with Crippen LogP contribution < -0.4 is 0 Å². The number of ether oxygens (including phenoxy) is 2. The van der Waals surface area contributed by atoms with Crippen LogP contribution >= 0.6 is 0 Å². The lowest BCUT2D eigenvalue weighted by Gasteiger charge is -2.27. The first-order valence-electron chi connectivity index (χ1n) is 7.64. The molecule has 1 saturated heterocycles. The molecular weight excluding hydrogens is 304 g/mol. The first-order valence-corrected chi connectivity index (χ1v) is 7.64. The third-order valence-electron chi connectivity index (χ3n) is 3.68. The lowest BCUT2D eigenvalue weighted by Crippen LogP contribution is -2.39. The predicted octanol–water partition coefficient (Wildman–Crippen LogP) is 3.88. The highest BCUT2D eigenvalue weighted by molar-refractivity contribution is 5.68. The Kier molecular flexibility index (Phi) is 4.94. The first kappa shape index (κ1) is 17.7. The minimum absolute atomic E-state index is 0.0325. The van der Waals surface area contributed by atoms with Crippen LogP contribution in [-0.4, -0.2) is 35.3 Å². The number of hydrogen-bond acceptors (Lipinski definition) is 3. The number of halogens is 2. The average molecular weight is 327 g/mol. The summed E-state index contributed by atoms with van der Waals surface area (Å²) in [6.45, 7) is 8.25. The lowest BCUT2D eigenvalue weighted by atomic mass is 10.1. The van der Waals surface area contributed by atoms with Gasteiger partial charge >= 0.3 is 6.09 Å². The molecule has 0 radical (unpaired) electrons. The molecule has 1 atom stereocenters. The highest BCUT2D eigenvalue weighted by atomic mass is 19.1. The van der Waals surface area contributed by atoms with E-state index in [0.29, 0.717) is 25.1 Å². The fourth-order valence-corrected chi connectivity index (χ4v) is 2.42. The van der Waals surface area contributed by atoms with Crippen molar-refractivity contribution < 1.29 is 23.0 Å². The molecule has 1 aromatic carbocycles. The Balaban J connectivity index is 1.92. The number of rotatable bonds is 3. The van der Waals surface area contributed by atoms with Crippen LogP contribution in [0.1, 0.15) is 39.7 Å². The van der Waals surface area contributed by atoms with Crippen molar-refractivity contribution in [2.45, 2.75) is 51.9 Å². The van der Waals surface area contributed by atoms with Gasteiger partial charge in [-0.25, -0.2) is 13.6 Å². The average Bonchev–Trinajstić information content (AvgIpc) is 2.79. The molecular formula is C17H23F2NO3. The zero-order valence-electron chi connectivity index (χ0n) is 14.0. The Labute approximate surface area is 135 Å². The molecule has 23 heavy (non-hydrogen) atoms. The third-order valence-corrected chi connectivity index (χ3v) is 3.68. The molecule has 2 rings (SSSR count). The summed E-state index contributed by atoms with van der Waals surface area (Å²) in [5.41, 5.74) is -0.824. The Morgan fingerprint density at radius 3 is 2.65 bits per heavy atom. The molecule has 0 spiro atoms. The maximum Gasteiger partial charge on any atom is 0.410 e. The molecule has 1 amide bonds. The number of carbonyl (C=O) groups excluding carboxylic acids is 1. The van der Waals surface area contributed by atoms with Crippen molar-refractivity contribution in [1.82, 2.24) is 4.90 Å². The van der Waals surface area contributed by atoms with Crippen LogP contribution in [0, 0.1) is 11.6 Å². The second-order valence-electron chi connectivity index (χ2n) is 7.13. The Bertz CT molecular complexity index is 586. The molecule has 128 valence electrons. The molecule has 6 heteroatoms. The fourth-order valence-electron chi connectivity index (χ4n) is 2.42. The van der Waals surface area contributed by atoms with Gasteiger partial charge in [-0.15, -0.1) is 0 Å². The van der Waals surface area contributed by atoms with Crippen molar-refractivity contribution in [2.75, 3.05) is 13.1 Å². The molecule has 1 fully saturated rings. The van der Waals surface area contributed by atoms with E-state index in [2.05, 4.69) is 0 Å². The fraction of sp³-hybridized carbons (Fsp3) is 0.588. The normalized spacial score (nSPS) is 21.6. The molecule has 4 nitrogen and oxygen atoms in total. The zero-order chi connectivity index (χ0) is 17.3. The second kappa shape index (κ2) is 6.43. The Morgan fingerprint density at radius 1 is 1.35 bits per heavy atom. The van der Waals surface area contributed by atoms with Gasteiger partial charge in [0.15, 0.2) is 0 Å². The topological polar surface area (TPSA) is 38.8 Å². The van der Waals surface area contributed by atoms with Gasteiger partial charge < -0.3 is 14.4 Å². The van der Waals surface area contributed by atoms with Crippen LogP contribution in [0.5, 0.6) is 0 Å². The highest BCUT2D eigenvalue weighted by Gasteiger charge is 2.38. The smallest absolute Gasteiger partial charge is 0.410 e. The van der Waals surface area contributed by atoms with Crippen molar-refractivity contribution in [2.24, 2.45) is 0 Å². The number of hydrogen-bond donors (Lipinski definition) is 0.